The van der Waals surface area contributed by atoms with Gasteiger partial charge < -0.3 is 4.98 Å². The largest absolute Gasteiger partial charge is 0.417 e. The van der Waals surface area contributed by atoms with Gasteiger partial charge in [-0.15, -0.1) is 0 Å². The Balaban J connectivity index is 1.56. The molecule has 0 bridgehead atoms. The molecule has 0 spiro atoms. The normalized spacial score (nSPS) is 15.2. The average molecular weight is 471 g/mol. The molecule has 1 atom stereocenters. The number of H-pyrrole nitrogens is 1. The van der Waals surface area contributed by atoms with Crippen LogP contribution in [-0.2, 0) is 26.1 Å². The zero-order valence-corrected chi connectivity index (χ0v) is 18.8. The minimum Gasteiger partial charge on any atom is -0.310 e. The van der Waals surface area contributed by atoms with E-state index >= 15 is 0 Å². The molecule has 1 aliphatic rings. The predicted molar refractivity (Wildman–Crippen MR) is 118 cm³/mol. The van der Waals surface area contributed by atoms with Gasteiger partial charge in [0, 0.05) is 31.8 Å². The van der Waals surface area contributed by atoms with Gasteiger partial charge in [-0.2, -0.15) is 23.4 Å². The Morgan fingerprint density at radius 3 is 2.59 bits per heavy atom. The summed E-state index contributed by atoms with van der Waals surface area (Å²) in [6, 6.07) is 1.95. The van der Waals surface area contributed by atoms with Crippen molar-refractivity contribution >= 4 is 11.0 Å². The van der Waals surface area contributed by atoms with E-state index in [1.165, 1.54) is 6.07 Å². The number of hydrogen-bond donors (Lipinski definition) is 1. The first-order valence-electron chi connectivity index (χ1n) is 11.3. The van der Waals surface area contributed by atoms with Crippen LogP contribution >= 0.6 is 0 Å². The first-order chi connectivity index (χ1) is 16.2. The van der Waals surface area contributed by atoms with Crippen molar-refractivity contribution in [3.63, 3.8) is 0 Å². The first kappa shape index (κ1) is 22.3. The van der Waals surface area contributed by atoms with E-state index in [1.807, 2.05) is 20.2 Å². The lowest BCUT2D eigenvalue weighted by molar-refractivity contribution is -0.137. The fourth-order valence-corrected chi connectivity index (χ4v) is 4.24. The molecule has 1 aliphatic carbocycles. The molecule has 178 valence electrons. The molecule has 0 radical (unpaired) electrons. The summed E-state index contributed by atoms with van der Waals surface area (Å²) in [5.41, 5.74) is 1.57. The predicted octanol–water partition coefficient (Wildman–Crippen LogP) is 3.93. The summed E-state index contributed by atoms with van der Waals surface area (Å²) in [6.45, 7) is 1.91. The van der Waals surface area contributed by atoms with Crippen LogP contribution in [0.25, 0.3) is 11.0 Å². The van der Waals surface area contributed by atoms with Crippen LogP contribution in [0.3, 0.4) is 0 Å². The molecule has 11 heteroatoms. The number of halogens is 3. The molecular formula is C23H24F3N7O. The number of fused-ring (bicyclic) bond motifs is 1. The van der Waals surface area contributed by atoms with Crippen LogP contribution in [0.2, 0.25) is 0 Å². The zero-order chi connectivity index (χ0) is 24.0. The van der Waals surface area contributed by atoms with Crippen LogP contribution in [0.5, 0.6) is 0 Å². The van der Waals surface area contributed by atoms with Crippen LogP contribution < -0.4 is 5.56 Å². The molecule has 4 aromatic heterocycles. The van der Waals surface area contributed by atoms with Gasteiger partial charge in [0.15, 0.2) is 5.65 Å². The van der Waals surface area contributed by atoms with E-state index in [9.17, 15) is 18.0 Å². The number of nitrogens with zero attached hydrogens (tertiary/aromatic N) is 6. The Bertz CT molecular complexity index is 1380. The maximum absolute atomic E-state index is 13.1. The van der Waals surface area contributed by atoms with Gasteiger partial charge in [0.2, 0.25) is 0 Å². The molecule has 1 fully saturated rings. The number of alkyl halides is 3. The summed E-state index contributed by atoms with van der Waals surface area (Å²) in [5, 5.41) is 9.37. The van der Waals surface area contributed by atoms with Crippen molar-refractivity contribution in [3.8, 4) is 0 Å². The topological polar surface area (TPSA) is 94.3 Å². The highest BCUT2D eigenvalue weighted by Gasteiger charge is 2.34. The second-order valence-corrected chi connectivity index (χ2v) is 8.73. The molecule has 1 unspecified atom stereocenters. The van der Waals surface area contributed by atoms with Gasteiger partial charge in [-0.3, -0.25) is 14.5 Å². The van der Waals surface area contributed by atoms with Gasteiger partial charge in [0.25, 0.3) is 5.56 Å². The average Bonchev–Trinajstić information content (AvgIpc) is 3.45. The van der Waals surface area contributed by atoms with Crippen LogP contribution in [0, 0.1) is 0 Å². The first-order valence-corrected chi connectivity index (χ1v) is 11.3. The number of aromatic nitrogens is 7. The zero-order valence-electron chi connectivity index (χ0n) is 18.8. The Hall–Kier alpha value is -3.50. The highest BCUT2D eigenvalue weighted by atomic mass is 19.4. The van der Waals surface area contributed by atoms with E-state index in [1.54, 1.807) is 15.6 Å². The molecule has 0 amide bonds. The smallest absolute Gasteiger partial charge is 0.310 e. The van der Waals surface area contributed by atoms with Crippen LogP contribution in [0.4, 0.5) is 13.2 Å². The fourth-order valence-electron chi connectivity index (χ4n) is 4.24. The summed E-state index contributed by atoms with van der Waals surface area (Å²) < 4.78 is 42.4. The lowest BCUT2D eigenvalue weighted by atomic mass is 10.1. The van der Waals surface area contributed by atoms with E-state index in [0.29, 0.717) is 47.5 Å². The lowest BCUT2D eigenvalue weighted by Gasteiger charge is -2.17. The van der Waals surface area contributed by atoms with Crippen LogP contribution in [-0.4, -0.2) is 34.5 Å². The van der Waals surface area contributed by atoms with Crippen LogP contribution in [0.1, 0.15) is 66.5 Å². The number of hydrogen-bond acceptors (Lipinski definition) is 5. The van der Waals surface area contributed by atoms with Gasteiger partial charge in [-0.05, 0) is 43.4 Å². The molecule has 5 rings (SSSR count). The molecule has 34 heavy (non-hydrogen) atoms. The van der Waals surface area contributed by atoms with E-state index in [4.69, 9.17) is 10.1 Å². The monoisotopic (exact) mass is 471 g/mol. The summed E-state index contributed by atoms with van der Waals surface area (Å²) in [5.74, 6) is 0.728. The second kappa shape index (κ2) is 8.37. The SMILES string of the molecule is CCC(c1ccc(C(F)(F)F)cn1)n1nc(C2CC2)c2c(=O)[nH]c(CCc3cnn(C)c3)nc21. The number of pyridine rings is 1. The summed E-state index contributed by atoms with van der Waals surface area (Å²) >= 11 is 0. The third-order valence-electron chi connectivity index (χ3n) is 6.15. The van der Waals surface area contributed by atoms with E-state index in [-0.39, 0.29) is 11.5 Å². The van der Waals surface area contributed by atoms with Gasteiger partial charge in [0.1, 0.15) is 11.2 Å². The third-order valence-corrected chi connectivity index (χ3v) is 6.15. The second-order valence-electron chi connectivity index (χ2n) is 8.73. The summed E-state index contributed by atoms with van der Waals surface area (Å²) in [4.78, 5) is 24.8. The van der Waals surface area contributed by atoms with Crippen molar-refractivity contribution in [1.82, 2.24) is 34.5 Å². The standard InChI is InChI=1S/C23H24F3N7O/c1-3-17(16-8-7-15(11-27-16)23(24,25)26)33-21-19(20(31-33)14-5-6-14)22(34)30-18(29-21)9-4-13-10-28-32(2)12-13/h7-8,10-12,14,17H,3-6,9H2,1-2H3,(H,29,30,34). The van der Waals surface area contributed by atoms with E-state index < -0.39 is 17.8 Å². The number of rotatable bonds is 7. The van der Waals surface area contributed by atoms with Crippen molar-refractivity contribution < 1.29 is 13.2 Å². The fraction of sp³-hybridized carbons (Fsp3) is 0.435. The minimum absolute atomic E-state index is 0.200. The van der Waals surface area contributed by atoms with E-state index in [2.05, 4.69) is 15.1 Å². The highest BCUT2D eigenvalue weighted by Crippen LogP contribution is 2.42. The van der Waals surface area contributed by atoms with Gasteiger partial charge in [0.05, 0.1) is 29.2 Å². The highest BCUT2D eigenvalue weighted by molar-refractivity contribution is 5.78. The summed E-state index contributed by atoms with van der Waals surface area (Å²) in [7, 11) is 1.84. The van der Waals surface area contributed by atoms with Gasteiger partial charge in [-0.25, -0.2) is 9.67 Å². The molecule has 0 saturated heterocycles. The molecular weight excluding hydrogens is 447 g/mol. The van der Waals surface area contributed by atoms with Crippen molar-refractivity contribution in [2.45, 2.75) is 57.2 Å². The molecule has 0 aromatic carbocycles. The van der Waals surface area contributed by atoms with Crippen molar-refractivity contribution in [1.29, 1.82) is 0 Å². The Labute approximate surface area is 192 Å². The maximum Gasteiger partial charge on any atom is 0.417 e. The maximum atomic E-state index is 13.1. The Morgan fingerprint density at radius 1 is 1.21 bits per heavy atom. The molecule has 1 saturated carbocycles. The molecule has 1 N–H and O–H groups in total. The van der Waals surface area contributed by atoms with Crippen molar-refractivity contribution in [2.24, 2.45) is 7.05 Å². The number of aryl methyl sites for hydroxylation is 3. The Morgan fingerprint density at radius 2 is 2.00 bits per heavy atom. The van der Waals surface area contributed by atoms with Crippen LogP contribution in [0.15, 0.2) is 35.5 Å². The minimum atomic E-state index is -4.46. The molecule has 0 aliphatic heterocycles. The van der Waals surface area contributed by atoms with E-state index in [0.717, 1.165) is 30.7 Å². The third kappa shape index (κ3) is 4.22. The van der Waals surface area contributed by atoms with Gasteiger partial charge >= 0.3 is 6.18 Å². The molecule has 4 heterocycles. The van der Waals surface area contributed by atoms with Gasteiger partial charge in [-0.1, -0.05) is 6.92 Å². The van der Waals surface area contributed by atoms with Crippen molar-refractivity contribution in [3.05, 3.63) is 69.4 Å². The quantitative estimate of drug-likeness (QED) is 0.441. The number of nitrogens with one attached hydrogen (secondary N) is 1. The van der Waals surface area contributed by atoms with Crippen molar-refractivity contribution in [2.75, 3.05) is 0 Å². The lowest BCUT2D eigenvalue weighted by Crippen LogP contribution is -2.17. The number of aromatic amines is 1. The summed E-state index contributed by atoms with van der Waals surface area (Å²) in [6.07, 6.45) is 3.66. The molecule has 8 nitrogen and oxygen atoms in total. The molecule has 4 aromatic rings. The Kier molecular flexibility index (Phi) is 5.49.